The summed E-state index contributed by atoms with van der Waals surface area (Å²) in [5.41, 5.74) is 9.05. The van der Waals surface area contributed by atoms with E-state index in [1.54, 1.807) is 12.1 Å². The fraction of sp³-hybridized carbons (Fsp3) is 0.370. The van der Waals surface area contributed by atoms with Crippen LogP contribution in [0.5, 0.6) is 0 Å². The van der Waals surface area contributed by atoms with E-state index in [9.17, 15) is 14.4 Å². The second-order valence-corrected chi connectivity index (χ2v) is 9.43. The Hall–Kier alpha value is -3.85. The Morgan fingerprint density at radius 2 is 1.81 bits per heavy atom. The molecule has 1 aliphatic heterocycles. The number of nitrogens with two attached hydrogens (primary N) is 1. The second-order valence-electron chi connectivity index (χ2n) is 9.43. The average Bonchev–Trinajstić information content (AvgIpc) is 2.87. The molecule has 0 radical (unpaired) electrons. The van der Waals surface area contributed by atoms with Gasteiger partial charge in [0, 0.05) is 44.5 Å². The van der Waals surface area contributed by atoms with Gasteiger partial charge in [0.2, 0.25) is 0 Å². The molecule has 36 heavy (non-hydrogen) atoms. The van der Waals surface area contributed by atoms with Gasteiger partial charge in [0.25, 0.3) is 11.5 Å². The van der Waals surface area contributed by atoms with Gasteiger partial charge in [-0.15, -0.1) is 0 Å². The normalized spacial score (nSPS) is 13.1. The van der Waals surface area contributed by atoms with E-state index in [2.05, 4.69) is 34.1 Å². The lowest BCUT2D eigenvalue weighted by molar-refractivity contribution is 0.0975. The summed E-state index contributed by atoms with van der Waals surface area (Å²) in [6.07, 6.45) is 0.968. The number of hydrogen-bond acceptors (Lipinski definition) is 6. The monoisotopic (exact) mass is 491 g/mol. The maximum atomic E-state index is 13.6. The first-order valence-corrected chi connectivity index (χ1v) is 12.1. The number of anilines is 3. The Morgan fingerprint density at radius 3 is 2.47 bits per heavy atom. The van der Waals surface area contributed by atoms with Crippen molar-refractivity contribution in [1.82, 2.24) is 9.55 Å². The minimum absolute atomic E-state index is 0.0366. The summed E-state index contributed by atoms with van der Waals surface area (Å²) in [6, 6.07) is 15.8. The minimum atomic E-state index is -0.703. The molecule has 1 aliphatic rings. The van der Waals surface area contributed by atoms with Crippen LogP contribution in [-0.2, 0) is 24.2 Å². The van der Waals surface area contributed by atoms with Gasteiger partial charge in [0.05, 0.1) is 6.61 Å². The molecule has 1 amide bonds. The van der Waals surface area contributed by atoms with E-state index in [0.717, 1.165) is 25.2 Å². The SMILES string of the molecule is COCCN(C(=O)c1ccc(N2CCc3ccccc3C2)cc1)c1c(N)n(CC(C)C)c(=O)[nH]c1=O. The molecule has 2 heterocycles. The van der Waals surface area contributed by atoms with Crippen molar-refractivity contribution in [3.05, 3.63) is 86.1 Å². The number of amides is 1. The number of nitrogens with one attached hydrogen (secondary N) is 1. The van der Waals surface area contributed by atoms with Crippen molar-refractivity contribution >= 4 is 23.1 Å². The van der Waals surface area contributed by atoms with Crippen molar-refractivity contribution < 1.29 is 9.53 Å². The molecule has 0 fully saturated rings. The molecule has 2 aromatic carbocycles. The van der Waals surface area contributed by atoms with Crippen LogP contribution in [-0.4, -0.2) is 42.3 Å². The molecule has 0 unspecified atom stereocenters. The molecule has 3 aromatic rings. The van der Waals surface area contributed by atoms with Crippen molar-refractivity contribution in [1.29, 1.82) is 0 Å². The minimum Gasteiger partial charge on any atom is -0.383 e. The van der Waals surface area contributed by atoms with Crippen molar-refractivity contribution in [2.45, 2.75) is 33.4 Å². The third-order valence-corrected chi connectivity index (χ3v) is 6.41. The van der Waals surface area contributed by atoms with Gasteiger partial charge >= 0.3 is 5.69 Å². The molecule has 4 rings (SSSR count). The zero-order chi connectivity index (χ0) is 25.8. The number of aromatic nitrogens is 2. The first-order valence-electron chi connectivity index (χ1n) is 12.1. The fourth-order valence-corrected chi connectivity index (χ4v) is 4.57. The summed E-state index contributed by atoms with van der Waals surface area (Å²) in [5.74, 6) is -0.318. The Morgan fingerprint density at radius 1 is 1.11 bits per heavy atom. The predicted molar refractivity (Wildman–Crippen MR) is 142 cm³/mol. The van der Waals surface area contributed by atoms with Crippen LogP contribution in [0.25, 0.3) is 0 Å². The van der Waals surface area contributed by atoms with E-state index >= 15 is 0 Å². The highest BCUT2D eigenvalue weighted by molar-refractivity contribution is 6.07. The zero-order valence-electron chi connectivity index (χ0n) is 21.0. The van der Waals surface area contributed by atoms with Gasteiger partial charge in [-0.3, -0.25) is 24.0 Å². The molecule has 0 bridgehead atoms. The molecule has 0 aliphatic carbocycles. The molecule has 9 heteroatoms. The number of H-pyrrole nitrogens is 1. The van der Waals surface area contributed by atoms with Gasteiger partial charge in [-0.1, -0.05) is 38.1 Å². The van der Waals surface area contributed by atoms with Gasteiger partial charge in [-0.25, -0.2) is 4.79 Å². The van der Waals surface area contributed by atoms with Crippen LogP contribution in [0.1, 0.15) is 35.3 Å². The van der Waals surface area contributed by atoms with Crippen LogP contribution in [0.15, 0.2) is 58.1 Å². The number of methoxy groups -OCH3 is 1. The summed E-state index contributed by atoms with van der Waals surface area (Å²) in [7, 11) is 1.52. The number of rotatable bonds is 8. The highest BCUT2D eigenvalue weighted by atomic mass is 16.5. The van der Waals surface area contributed by atoms with Crippen molar-refractivity contribution in [3.8, 4) is 0 Å². The largest absolute Gasteiger partial charge is 0.383 e. The lowest BCUT2D eigenvalue weighted by Gasteiger charge is -2.31. The van der Waals surface area contributed by atoms with Crippen LogP contribution >= 0.6 is 0 Å². The third-order valence-electron chi connectivity index (χ3n) is 6.41. The van der Waals surface area contributed by atoms with Crippen molar-refractivity contribution in [2.24, 2.45) is 5.92 Å². The molecule has 1 aromatic heterocycles. The van der Waals surface area contributed by atoms with E-state index in [1.807, 2.05) is 26.0 Å². The molecule has 0 saturated carbocycles. The summed E-state index contributed by atoms with van der Waals surface area (Å²) < 4.78 is 6.48. The van der Waals surface area contributed by atoms with Crippen LogP contribution in [0.2, 0.25) is 0 Å². The highest BCUT2D eigenvalue weighted by Gasteiger charge is 2.26. The second kappa shape index (κ2) is 10.8. The molecular weight excluding hydrogens is 458 g/mol. The van der Waals surface area contributed by atoms with Gasteiger partial charge < -0.3 is 15.4 Å². The number of carbonyl (C=O) groups excluding carboxylic acids is 1. The molecule has 190 valence electrons. The third kappa shape index (κ3) is 5.21. The number of hydrogen-bond donors (Lipinski definition) is 2. The Bertz CT molecular complexity index is 1340. The van der Waals surface area contributed by atoms with Crippen molar-refractivity contribution in [3.63, 3.8) is 0 Å². The fourth-order valence-electron chi connectivity index (χ4n) is 4.57. The number of nitrogen functional groups attached to an aromatic ring is 1. The molecular formula is C27H33N5O4. The number of fused-ring (bicyclic) bond motifs is 1. The Balaban J connectivity index is 1.63. The van der Waals surface area contributed by atoms with Gasteiger partial charge in [-0.2, -0.15) is 0 Å². The first-order chi connectivity index (χ1) is 17.3. The van der Waals surface area contributed by atoms with Gasteiger partial charge in [0.1, 0.15) is 5.82 Å². The number of benzene rings is 2. The van der Waals surface area contributed by atoms with Gasteiger partial charge in [0.15, 0.2) is 5.69 Å². The first kappa shape index (κ1) is 25.2. The topological polar surface area (TPSA) is 114 Å². The van der Waals surface area contributed by atoms with E-state index in [0.29, 0.717) is 12.1 Å². The van der Waals surface area contributed by atoms with Crippen LogP contribution in [0.4, 0.5) is 17.2 Å². The standard InChI is InChI=1S/C27H33N5O4/c1-18(2)16-32-24(28)23(25(33)29-27(32)35)31(14-15-36-3)26(34)20-8-10-22(11-9-20)30-13-12-19-6-4-5-7-21(19)17-30/h4-11,18H,12-17,28H2,1-3H3,(H,29,33,35). The Labute approximate surface area is 210 Å². The molecule has 9 nitrogen and oxygen atoms in total. The zero-order valence-corrected chi connectivity index (χ0v) is 21.0. The molecule has 3 N–H and O–H groups in total. The molecule has 0 spiro atoms. The number of ether oxygens (including phenoxy) is 1. The van der Waals surface area contributed by atoms with E-state index in [4.69, 9.17) is 10.5 Å². The van der Waals surface area contributed by atoms with Crippen LogP contribution in [0.3, 0.4) is 0 Å². The quantitative estimate of drug-likeness (QED) is 0.501. The number of carbonyl (C=O) groups is 1. The summed E-state index contributed by atoms with van der Waals surface area (Å²) in [6.45, 7) is 6.20. The number of aromatic amines is 1. The summed E-state index contributed by atoms with van der Waals surface area (Å²) in [5, 5.41) is 0. The number of nitrogens with zero attached hydrogens (tertiary/aromatic N) is 3. The Kier molecular flexibility index (Phi) is 7.59. The highest BCUT2D eigenvalue weighted by Crippen LogP contribution is 2.26. The summed E-state index contributed by atoms with van der Waals surface area (Å²) >= 11 is 0. The smallest absolute Gasteiger partial charge is 0.330 e. The maximum absolute atomic E-state index is 13.6. The van der Waals surface area contributed by atoms with Crippen molar-refractivity contribution in [2.75, 3.05) is 42.3 Å². The predicted octanol–water partition coefficient (Wildman–Crippen LogP) is 2.63. The van der Waals surface area contributed by atoms with Crippen LogP contribution < -0.4 is 26.8 Å². The van der Waals surface area contributed by atoms with Gasteiger partial charge in [-0.05, 0) is 47.7 Å². The van der Waals surface area contributed by atoms with E-state index < -0.39 is 17.2 Å². The van der Waals surface area contributed by atoms with Crippen LogP contribution in [0, 0.1) is 5.92 Å². The molecule has 0 atom stereocenters. The molecule has 0 saturated heterocycles. The maximum Gasteiger partial charge on any atom is 0.330 e. The van der Waals surface area contributed by atoms with E-state index in [1.165, 1.54) is 27.7 Å². The lowest BCUT2D eigenvalue weighted by atomic mass is 9.99. The average molecular weight is 492 g/mol. The summed E-state index contributed by atoms with van der Waals surface area (Å²) in [4.78, 5) is 44.7. The lowest BCUT2D eigenvalue weighted by Crippen LogP contribution is -2.42. The van der Waals surface area contributed by atoms with E-state index in [-0.39, 0.29) is 30.6 Å².